The van der Waals surface area contributed by atoms with E-state index in [1.807, 2.05) is 30.3 Å². The second-order valence-corrected chi connectivity index (χ2v) is 7.82. The largest absolute Gasteiger partial charge is 0.326 e. The van der Waals surface area contributed by atoms with Crippen LogP contribution in [0.2, 0.25) is 0 Å². The molecule has 0 aromatic heterocycles. The molecule has 0 aliphatic heterocycles. The first-order valence-corrected chi connectivity index (χ1v) is 10.3. The number of anilines is 1. The van der Waals surface area contributed by atoms with Gasteiger partial charge in [-0.1, -0.05) is 72.8 Å². The van der Waals surface area contributed by atoms with Gasteiger partial charge < -0.3 is 5.32 Å². The number of rotatable bonds is 5. The highest BCUT2D eigenvalue weighted by Crippen LogP contribution is 2.37. The van der Waals surface area contributed by atoms with Crippen molar-refractivity contribution in [3.63, 3.8) is 0 Å². The van der Waals surface area contributed by atoms with Crippen LogP contribution in [0, 0.1) is 5.92 Å². The molecule has 1 fully saturated rings. The summed E-state index contributed by atoms with van der Waals surface area (Å²) in [5.74, 6) is 1.30. The van der Waals surface area contributed by atoms with E-state index in [1.54, 1.807) is 0 Å². The van der Waals surface area contributed by atoms with Gasteiger partial charge in [-0.15, -0.1) is 0 Å². The van der Waals surface area contributed by atoms with E-state index in [0.717, 1.165) is 24.1 Å². The Labute approximate surface area is 167 Å². The summed E-state index contributed by atoms with van der Waals surface area (Å²) in [5.41, 5.74) is 4.68. The van der Waals surface area contributed by atoms with E-state index in [0.29, 0.717) is 18.3 Å². The van der Waals surface area contributed by atoms with E-state index in [4.69, 9.17) is 0 Å². The lowest BCUT2D eigenvalue weighted by Crippen LogP contribution is -2.20. The smallest absolute Gasteiger partial charge is 0.224 e. The van der Waals surface area contributed by atoms with Gasteiger partial charge in [-0.2, -0.15) is 0 Å². The van der Waals surface area contributed by atoms with Gasteiger partial charge in [-0.05, 0) is 66.3 Å². The number of carbonyl (C=O) groups is 1. The standard InChI is InChI=1S/C26H27NO/c28-26(19-20-11-13-23(14-12-20)21-7-3-1-4-8-21)27-25-17-15-24(16-18-25)22-9-5-2-6-10-22/h1-10,15-18,20,23H,11-14,19H2,(H,27,28)/t20-,23-. The minimum Gasteiger partial charge on any atom is -0.326 e. The zero-order valence-electron chi connectivity index (χ0n) is 16.2. The molecule has 4 rings (SSSR count). The third-order valence-electron chi connectivity index (χ3n) is 5.87. The summed E-state index contributed by atoms with van der Waals surface area (Å²) in [6, 6.07) is 29.2. The number of nitrogens with one attached hydrogen (secondary N) is 1. The Morgan fingerprint density at radius 3 is 1.93 bits per heavy atom. The van der Waals surface area contributed by atoms with Crippen LogP contribution < -0.4 is 5.32 Å². The molecular formula is C26H27NO. The molecule has 2 heteroatoms. The molecule has 28 heavy (non-hydrogen) atoms. The van der Waals surface area contributed by atoms with E-state index in [9.17, 15) is 4.79 Å². The van der Waals surface area contributed by atoms with Crippen LogP contribution in [0.3, 0.4) is 0 Å². The van der Waals surface area contributed by atoms with Crippen LogP contribution in [-0.2, 0) is 4.79 Å². The highest BCUT2D eigenvalue weighted by molar-refractivity contribution is 5.91. The number of benzene rings is 3. The van der Waals surface area contributed by atoms with Gasteiger partial charge in [0.1, 0.15) is 0 Å². The third-order valence-corrected chi connectivity index (χ3v) is 5.87. The third kappa shape index (κ3) is 4.69. The number of hydrogen-bond donors (Lipinski definition) is 1. The predicted octanol–water partition coefficient (Wildman–Crippen LogP) is 6.66. The first kappa shape index (κ1) is 18.5. The van der Waals surface area contributed by atoms with Crippen LogP contribution in [0.15, 0.2) is 84.9 Å². The van der Waals surface area contributed by atoms with Crippen LogP contribution in [0.5, 0.6) is 0 Å². The van der Waals surface area contributed by atoms with E-state index < -0.39 is 0 Å². The van der Waals surface area contributed by atoms with Crippen molar-refractivity contribution in [3.05, 3.63) is 90.5 Å². The van der Waals surface area contributed by atoms with E-state index in [2.05, 4.69) is 59.9 Å². The van der Waals surface area contributed by atoms with Crippen molar-refractivity contribution in [2.45, 2.75) is 38.0 Å². The maximum atomic E-state index is 12.5. The molecule has 1 saturated carbocycles. The van der Waals surface area contributed by atoms with Crippen LogP contribution in [0.4, 0.5) is 5.69 Å². The van der Waals surface area contributed by atoms with Crippen molar-refractivity contribution >= 4 is 11.6 Å². The maximum absolute atomic E-state index is 12.5. The molecule has 0 saturated heterocycles. The summed E-state index contributed by atoms with van der Waals surface area (Å²) in [5, 5.41) is 3.07. The molecule has 142 valence electrons. The van der Waals surface area contributed by atoms with Crippen molar-refractivity contribution in [1.82, 2.24) is 0 Å². The van der Waals surface area contributed by atoms with E-state index in [1.165, 1.54) is 24.0 Å². The molecule has 1 aliphatic rings. The molecule has 2 nitrogen and oxygen atoms in total. The number of hydrogen-bond acceptors (Lipinski definition) is 1. The summed E-state index contributed by atoms with van der Waals surface area (Å²) in [4.78, 5) is 12.5. The van der Waals surface area contributed by atoms with Gasteiger partial charge in [0.05, 0.1) is 0 Å². The van der Waals surface area contributed by atoms with Crippen molar-refractivity contribution < 1.29 is 4.79 Å². The summed E-state index contributed by atoms with van der Waals surface area (Å²) in [6.07, 6.45) is 5.28. The van der Waals surface area contributed by atoms with Gasteiger partial charge in [-0.25, -0.2) is 0 Å². The first-order chi connectivity index (χ1) is 13.8. The fourth-order valence-electron chi connectivity index (χ4n) is 4.28. The molecule has 3 aromatic carbocycles. The molecule has 0 bridgehead atoms. The lowest BCUT2D eigenvalue weighted by molar-refractivity contribution is -0.117. The summed E-state index contributed by atoms with van der Waals surface area (Å²) >= 11 is 0. The van der Waals surface area contributed by atoms with Gasteiger partial charge >= 0.3 is 0 Å². The molecule has 0 radical (unpaired) electrons. The molecule has 1 aliphatic carbocycles. The Hall–Kier alpha value is -2.87. The Kier molecular flexibility index (Phi) is 5.86. The lowest BCUT2D eigenvalue weighted by Gasteiger charge is -2.28. The van der Waals surface area contributed by atoms with Crippen molar-refractivity contribution in [2.24, 2.45) is 5.92 Å². The molecule has 0 atom stereocenters. The molecule has 0 spiro atoms. The van der Waals surface area contributed by atoms with Crippen molar-refractivity contribution in [1.29, 1.82) is 0 Å². The lowest BCUT2D eigenvalue weighted by atomic mass is 9.77. The monoisotopic (exact) mass is 369 g/mol. The van der Waals surface area contributed by atoms with Gasteiger partial charge in [0, 0.05) is 12.1 Å². The van der Waals surface area contributed by atoms with Gasteiger partial charge in [0.2, 0.25) is 5.91 Å². The fourth-order valence-corrected chi connectivity index (χ4v) is 4.28. The molecule has 1 amide bonds. The number of carbonyl (C=O) groups excluding carboxylic acids is 1. The van der Waals surface area contributed by atoms with E-state index >= 15 is 0 Å². The minimum atomic E-state index is 0.135. The quantitative estimate of drug-likeness (QED) is 0.535. The predicted molar refractivity (Wildman–Crippen MR) is 116 cm³/mol. The van der Waals surface area contributed by atoms with Gasteiger partial charge in [0.25, 0.3) is 0 Å². The maximum Gasteiger partial charge on any atom is 0.224 e. The normalized spacial score (nSPS) is 19.1. The van der Waals surface area contributed by atoms with Crippen LogP contribution in [-0.4, -0.2) is 5.91 Å². The van der Waals surface area contributed by atoms with Gasteiger partial charge in [-0.3, -0.25) is 4.79 Å². The summed E-state index contributed by atoms with van der Waals surface area (Å²) < 4.78 is 0. The average Bonchev–Trinajstić information content (AvgIpc) is 2.76. The second kappa shape index (κ2) is 8.88. The van der Waals surface area contributed by atoms with Crippen LogP contribution in [0.1, 0.15) is 43.6 Å². The summed E-state index contributed by atoms with van der Waals surface area (Å²) in [7, 11) is 0. The Morgan fingerprint density at radius 2 is 1.29 bits per heavy atom. The molecule has 3 aromatic rings. The second-order valence-electron chi connectivity index (χ2n) is 7.82. The molecule has 0 heterocycles. The van der Waals surface area contributed by atoms with Gasteiger partial charge in [0.15, 0.2) is 0 Å². The Bertz CT molecular complexity index is 879. The van der Waals surface area contributed by atoms with Crippen LogP contribution in [0.25, 0.3) is 11.1 Å². The van der Waals surface area contributed by atoms with Crippen molar-refractivity contribution in [3.8, 4) is 11.1 Å². The molecule has 1 N–H and O–H groups in total. The topological polar surface area (TPSA) is 29.1 Å². The zero-order valence-corrected chi connectivity index (χ0v) is 16.2. The Balaban J connectivity index is 1.27. The van der Waals surface area contributed by atoms with Crippen LogP contribution >= 0.6 is 0 Å². The van der Waals surface area contributed by atoms with Crippen molar-refractivity contribution in [2.75, 3.05) is 5.32 Å². The SMILES string of the molecule is O=C(C[C@H]1CC[C@H](c2ccccc2)CC1)Nc1ccc(-c2ccccc2)cc1. The summed E-state index contributed by atoms with van der Waals surface area (Å²) in [6.45, 7) is 0. The average molecular weight is 370 g/mol. The Morgan fingerprint density at radius 1 is 0.714 bits per heavy atom. The molecule has 0 unspecified atom stereocenters. The number of amides is 1. The zero-order chi connectivity index (χ0) is 19.2. The fraction of sp³-hybridized carbons (Fsp3) is 0.269. The highest BCUT2D eigenvalue weighted by atomic mass is 16.1. The highest BCUT2D eigenvalue weighted by Gasteiger charge is 2.24. The minimum absolute atomic E-state index is 0.135. The first-order valence-electron chi connectivity index (χ1n) is 10.3. The van der Waals surface area contributed by atoms with E-state index in [-0.39, 0.29) is 5.91 Å². The molecular weight excluding hydrogens is 342 g/mol.